The molecule has 2 aromatic carbocycles. The minimum absolute atomic E-state index is 0.100. The van der Waals surface area contributed by atoms with Crippen LogP contribution in [-0.2, 0) is 4.79 Å². The Morgan fingerprint density at radius 3 is 2.48 bits per heavy atom. The molecule has 0 unspecified atom stereocenters. The van der Waals surface area contributed by atoms with Crippen LogP contribution in [0, 0.1) is 13.8 Å². The van der Waals surface area contributed by atoms with E-state index < -0.39 is 5.63 Å². The molecule has 0 fully saturated rings. The first-order valence-corrected chi connectivity index (χ1v) is 8.72. The van der Waals surface area contributed by atoms with Gasteiger partial charge < -0.3 is 5.32 Å². The topological polar surface area (TPSA) is 79.0 Å². The average molecular weight is 356 g/mol. The Labute approximate surface area is 148 Å². The van der Waals surface area contributed by atoms with Gasteiger partial charge >= 0.3 is 10.7 Å². The third-order valence-electron chi connectivity index (χ3n) is 3.71. The predicted octanol–water partition coefficient (Wildman–Crippen LogP) is 2.59. The second-order valence-corrected chi connectivity index (χ2v) is 6.52. The molecule has 1 amide bonds. The number of para-hydroxylation sites is 2. The van der Waals surface area contributed by atoms with Crippen LogP contribution in [0.4, 0.5) is 5.69 Å². The Morgan fingerprint density at radius 1 is 1.12 bits per heavy atom. The summed E-state index contributed by atoms with van der Waals surface area (Å²) < 4.78 is 6.40. The Balaban J connectivity index is 1.73. The summed E-state index contributed by atoms with van der Waals surface area (Å²) in [6.07, 6.45) is 0. The highest BCUT2D eigenvalue weighted by atomic mass is 32.2. The summed E-state index contributed by atoms with van der Waals surface area (Å²) in [4.78, 5) is 24.2. The normalized spacial score (nSPS) is 10.6. The summed E-state index contributed by atoms with van der Waals surface area (Å²) >= 11 is 1.13. The Hall–Kier alpha value is -2.80. The summed E-state index contributed by atoms with van der Waals surface area (Å²) in [6.45, 7) is 3.89. The number of amides is 1. The Bertz CT molecular complexity index is 927. The molecule has 1 heterocycles. The second-order valence-electron chi connectivity index (χ2n) is 5.56. The first-order chi connectivity index (χ1) is 12.1. The number of nitrogens with one attached hydrogen (secondary N) is 2. The number of hydrogen-bond acceptors (Lipinski definition) is 4. The highest BCUT2D eigenvalue weighted by Gasteiger charge is 2.24. The van der Waals surface area contributed by atoms with Crippen LogP contribution >= 0.6 is 11.8 Å². The van der Waals surface area contributed by atoms with E-state index in [9.17, 15) is 9.59 Å². The third-order valence-corrected chi connectivity index (χ3v) is 4.74. The molecule has 0 radical (unpaired) electrons. The molecule has 0 bridgehead atoms. The van der Waals surface area contributed by atoms with Gasteiger partial charge in [0.25, 0.3) is 0 Å². The van der Waals surface area contributed by atoms with E-state index in [2.05, 4.69) is 10.6 Å². The van der Waals surface area contributed by atoms with Gasteiger partial charge in [0.1, 0.15) is 0 Å². The molecule has 0 spiro atoms. The molecule has 128 valence electrons. The number of benzene rings is 2. The van der Waals surface area contributed by atoms with Crippen molar-refractivity contribution in [3.05, 3.63) is 70.1 Å². The van der Waals surface area contributed by atoms with E-state index in [4.69, 9.17) is 4.52 Å². The number of aryl methyl sites for hydroxylation is 2. The van der Waals surface area contributed by atoms with E-state index in [0.29, 0.717) is 5.03 Å². The first-order valence-electron chi connectivity index (χ1n) is 7.74. The molecule has 0 aliphatic heterocycles. The zero-order chi connectivity index (χ0) is 17.8. The summed E-state index contributed by atoms with van der Waals surface area (Å²) in [5.74, 6) is -0.0777. The third kappa shape index (κ3) is 3.83. The maximum absolute atomic E-state index is 12.3. The van der Waals surface area contributed by atoms with E-state index in [-0.39, 0.29) is 11.7 Å². The van der Waals surface area contributed by atoms with Gasteiger partial charge in [0.05, 0.1) is 5.75 Å². The molecule has 3 aromatic rings. The van der Waals surface area contributed by atoms with Gasteiger partial charge in [0.2, 0.25) is 11.6 Å². The van der Waals surface area contributed by atoms with Crippen LogP contribution in [0.15, 0.2) is 62.9 Å². The summed E-state index contributed by atoms with van der Waals surface area (Å²) in [5, 5.41) is 5.79. The van der Waals surface area contributed by atoms with Crippen LogP contribution in [0.2, 0.25) is 0 Å². The number of thioether (sulfide) groups is 1. The average Bonchev–Trinajstić information content (AvgIpc) is 2.98. The zero-order valence-electron chi connectivity index (χ0n) is 13.9. The molecule has 3 rings (SSSR count). The first kappa shape index (κ1) is 17.0. The molecule has 0 saturated carbocycles. The molecule has 1 aromatic heterocycles. The van der Waals surface area contributed by atoms with E-state index in [1.165, 1.54) is 4.68 Å². The van der Waals surface area contributed by atoms with Crippen molar-refractivity contribution in [3.8, 4) is 5.69 Å². The van der Waals surface area contributed by atoms with Crippen molar-refractivity contribution in [3.63, 3.8) is 0 Å². The lowest BCUT2D eigenvalue weighted by molar-refractivity contribution is -0.704. The van der Waals surface area contributed by atoms with Gasteiger partial charge in [0, 0.05) is 17.8 Å². The molecule has 7 heteroatoms. The fourth-order valence-electron chi connectivity index (χ4n) is 2.46. The number of hydrogen-bond donors (Lipinski definition) is 2. The summed E-state index contributed by atoms with van der Waals surface area (Å²) in [7, 11) is 0. The largest absolute Gasteiger partial charge is 0.442 e. The molecule has 0 aliphatic rings. The summed E-state index contributed by atoms with van der Waals surface area (Å²) in [6, 6.07) is 15.1. The lowest BCUT2D eigenvalue weighted by Crippen LogP contribution is -2.36. The molecule has 0 aliphatic carbocycles. The van der Waals surface area contributed by atoms with Gasteiger partial charge in [0.15, 0.2) is 0 Å². The highest BCUT2D eigenvalue weighted by Crippen LogP contribution is 2.20. The highest BCUT2D eigenvalue weighted by molar-refractivity contribution is 7.99. The van der Waals surface area contributed by atoms with Crippen molar-refractivity contribution in [2.45, 2.75) is 18.9 Å². The minimum atomic E-state index is -0.506. The second kappa shape index (κ2) is 7.40. The van der Waals surface area contributed by atoms with Crippen LogP contribution in [0.1, 0.15) is 11.1 Å². The molecular weight excluding hydrogens is 338 g/mol. The SMILES string of the molecule is Cc1cccc(C)c1NC(=O)CSc1c(=O)o[nH][n+]1-c1ccccc1. The van der Waals surface area contributed by atoms with Crippen molar-refractivity contribution in [1.29, 1.82) is 0 Å². The number of aromatic amines is 1. The van der Waals surface area contributed by atoms with Crippen molar-refractivity contribution in [2.75, 3.05) is 11.1 Å². The molecule has 25 heavy (non-hydrogen) atoms. The smallest absolute Gasteiger partial charge is 0.325 e. The van der Waals surface area contributed by atoms with E-state index >= 15 is 0 Å². The number of carbonyl (C=O) groups is 1. The van der Waals surface area contributed by atoms with Crippen LogP contribution in [0.3, 0.4) is 0 Å². The van der Waals surface area contributed by atoms with Crippen molar-refractivity contribution in [2.24, 2.45) is 0 Å². The van der Waals surface area contributed by atoms with Gasteiger partial charge in [-0.3, -0.25) is 9.32 Å². The van der Waals surface area contributed by atoms with Gasteiger partial charge in [-0.15, -0.1) is 0 Å². The summed E-state index contributed by atoms with van der Waals surface area (Å²) in [5.41, 5.74) is 3.06. The maximum atomic E-state index is 12.3. The number of anilines is 1. The molecule has 0 saturated heterocycles. The quantitative estimate of drug-likeness (QED) is 0.544. The van der Waals surface area contributed by atoms with E-state index in [0.717, 1.165) is 34.3 Å². The van der Waals surface area contributed by atoms with Gasteiger partial charge in [-0.1, -0.05) is 36.4 Å². The van der Waals surface area contributed by atoms with Crippen LogP contribution in [-0.4, -0.2) is 16.9 Å². The van der Waals surface area contributed by atoms with Gasteiger partial charge in [-0.2, -0.15) is 0 Å². The lowest BCUT2D eigenvalue weighted by atomic mass is 10.1. The van der Waals surface area contributed by atoms with Crippen molar-refractivity contribution < 1.29 is 14.0 Å². The Kier molecular flexibility index (Phi) is 5.04. The zero-order valence-corrected chi connectivity index (χ0v) is 14.7. The van der Waals surface area contributed by atoms with Crippen molar-refractivity contribution in [1.82, 2.24) is 5.27 Å². The number of carbonyl (C=O) groups excluding carboxylic acids is 1. The number of nitrogens with zero attached hydrogens (tertiary/aromatic N) is 1. The molecule has 2 N–H and O–H groups in total. The minimum Gasteiger partial charge on any atom is -0.325 e. The Morgan fingerprint density at radius 2 is 1.80 bits per heavy atom. The lowest BCUT2D eigenvalue weighted by Gasteiger charge is -2.10. The van der Waals surface area contributed by atoms with Crippen molar-refractivity contribution >= 4 is 23.4 Å². The fourth-order valence-corrected chi connectivity index (χ4v) is 3.23. The van der Waals surface area contributed by atoms with Crippen LogP contribution in [0.5, 0.6) is 0 Å². The predicted molar refractivity (Wildman–Crippen MR) is 96.1 cm³/mol. The van der Waals surface area contributed by atoms with E-state index in [1.807, 2.05) is 62.4 Å². The standard InChI is InChI=1S/C18H17N3O3S/c1-12-7-6-8-13(2)16(12)19-15(22)11-25-17-18(23)24-20-21(17)14-9-4-3-5-10-14/h3-10H,11H2,1-2H3,(H-,19,20,22,23)/p+1. The number of aromatic nitrogens is 2. The van der Waals surface area contributed by atoms with Crippen LogP contribution in [0.25, 0.3) is 5.69 Å². The maximum Gasteiger partial charge on any atom is 0.442 e. The monoisotopic (exact) mass is 356 g/mol. The van der Waals surface area contributed by atoms with Gasteiger partial charge in [-0.25, -0.2) is 4.79 Å². The van der Waals surface area contributed by atoms with Crippen LogP contribution < -0.4 is 15.6 Å². The fraction of sp³-hybridized carbons (Fsp3) is 0.167. The van der Waals surface area contributed by atoms with E-state index in [1.54, 1.807) is 0 Å². The molecular formula is C18H18N3O3S+. The number of H-pyrrole nitrogens is 1. The molecule has 0 atom stereocenters. The molecule has 6 nitrogen and oxygen atoms in total. The number of rotatable bonds is 5. The van der Waals surface area contributed by atoms with Gasteiger partial charge in [-0.05, 0) is 46.7 Å².